The Morgan fingerprint density at radius 2 is 2.04 bits per heavy atom. The van der Waals surface area contributed by atoms with E-state index in [1.54, 1.807) is 19.1 Å². The van der Waals surface area contributed by atoms with Crippen LogP contribution >= 0.6 is 11.3 Å². The number of nitrogens with one attached hydrogen (secondary N) is 2. The van der Waals surface area contributed by atoms with Crippen LogP contribution in [0.1, 0.15) is 20.8 Å². The molecule has 0 saturated carbocycles. The molecule has 0 spiro atoms. The molecule has 2 aromatic heterocycles. The van der Waals surface area contributed by atoms with Crippen LogP contribution < -0.4 is 15.4 Å². The van der Waals surface area contributed by atoms with Gasteiger partial charge in [-0.3, -0.25) is 4.79 Å². The summed E-state index contributed by atoms with van der Waals surface area (Å²) in [5.74, 6) is -0.639. The van der Waals surface area contributed by atoms with Gasteiger partial charge in [0.1, 0.15) is 10.6 Å². The summed E-state index contributed by atoms with van der Waals surface area (Å²) < 4.78 is 18.8. The van der Waals surface area contributed by atoms with Gasteiger partial charge in [0.05, 0.1) is 19.0 Å². The van der Waals surface area contributed by atoms with E-state index in [4.69, 9.17) is 4.74 Å². The first kappa shape index (κ1) is 18.6. The van der Waals surface area contributed by atoms with Crippen LogP contribution in [0.4, 0.5) is 21.0 Å². The first-order valence-corrected chi connectivity index (χ1v) is 8.74. The number of nitrogens with zero attached hydrogens (tertiary/aromatic N) is 2. The third-order valence-electron chi connectivity index (χ3n) is 3.87. The molecule has 7 nitrogen and oxygen atoms in total. The zero-order chi connectivity index (χ0) is 19.6. The Morgan fingerprint density at radius 3 is 2.78 bits per heavy atom. The highest BCUT2D eigenvalue weighted by Gasteiger charge is 2.16. The molecule has 0 radical (unpaired) electrons. The Bertz CT molecular complexity index is 1010. The molecule has 0 saturated heterocycles. The summed E-state index contributed by atoms with van der Waals surface area (Å²) in [7, 11) is 1.43. The minimum atomic E-state index is -0.567. The lowest BCUT2D eigenvalue weighted by Gasteiger charge is -2.11. The van der Waals surface area contributed by atoms with Crippen molar-refractivity contribution >= 4 is 33.9 Å². The van der Waals surface area contributed by atoms with Crippen molar-refractivity contribution in [3.05, 3.63) is 52.3 Å². The lowest BCUT2D eigenvalue weighted by molar-refractivity contribution is 0.103. The number of rotatable bonds is 5. The van der Waals surface area contributed by atoms with Crippen LogP contribution in [-0.4, -0.2) is 28.1 Å². The number of carbonyl (C=O) groups is 1. The van der Waals surface area contributed by atoms with Crippen molar-refractivity contribution < 1.29 is 19.0 Å². The van der Waals surface area contributed by atoms with Crippen molar-refractivity contribution in [2.75, 3.05) is 17.7 Å². The van der Waals surface area contributed by atoms with E-state index in [0.717, 1.165) is 16.9 Å². The predicted octanol–water partition coefficient (Wildman–Crippen LogP) is 4.00. The van der Waals surface area contributed by atoms with Crippen LogP contribution in [0.3, 0.4) is 0 Å². The van der Waals surface area contributed by atoms with Gasteiger partial charge in [-0.1, -0.05) is 17.4 Å². The fourth-order valence-electron chi connectivity index (χ4n) is 2.37. The van der Waals surface area contributed by atoms with Crippen molar-refractivity contribution in [1.29, 1.82) is 0 Å². The normalized spacial score (nSPS) is 10.5. The number of aromatic nitrogens is 2. The molecule has 0 aliphatic heterocycles. The number of halogens is 1. The molecule has 3 aromatic rings. The zero-order valence-electron chi connectivity index (χ0n) is 14.8. The molecule has 0 fully saturated rings. The van der Waals surface area contributed by atoms with Crippen LogP contribution in [0.15, 0.2) is 30.5 Å². The van der Waals surface area contributed by atoms with E-state index in [1.807, 2.05) is 6.92 Å². The number of aromatic hydroxyl groups is 1. The second-order valence-corrected chi connectivity index (χ2v) is 6.73. The van der Waals surface area contributed by atoms with Gasteiger partial charge < -0.3 is 20.5 Å². The van der Waals surface area contributed by atoms with E-state index >= 15 is 0 Å². The number of hydrogen-bond acceptors (Lipinski definition) is 7. The topological polar surface area (TPSA) is 96.4 Å². The average Bonchev–Trinajstić information content (AvgIpc) is 3.12. The monoisotopic (exact) mass is 388 g/mol. The van der Waals surface area contributed by atoms with Crippen molar-refractivity contribution in [3.63, 3.8) is 0 Å². The number of phenolic OH excluding ortho intramolecular Hbond substituents is 1. The molecule has 27 heavy (non-hydrogen) atoms. The molecular weight excluding hydrogens is 371 g/mol. The molecule has 2 heterocycles. The van der Waals surface area contributed by atoms with Crippen LogP contribution in [0.25, 0.3) is 0 Å². The fraction of sp³-hybridized carbons (Fsp3) is 0.167. The van der Waals surface area contributed by atoms with Gasteiger partial charge in [0.2, 0.25) is 5.88 Å². The molecule has 1 amide bonds. The van der Waals surface area contributed by atoms with Crippen LogP contribution in [0, 0.1) is 19.7 Å². The number of pyridine rings is 1. The highest BCUT2D eigenvalue weighted by Crippen LogP contribution is 2.30. The number of phenols is 1. The molecule has 0 unspecified atom stereocenters. The van der Waals surface area contributed by atoms with E-state index in [2.05, 4.69) is 20.6 Å². The molecular formula is C18H17FN4O3S. The Labute approximate surface area is 158 Å². The number of ether oxygens (including phenoxy) is 1. The minimum Gasteiger partial charge on any atom is -0.508 e. The minimum absolute atomic E-state index is 0.0460. The Hall–Kier alpha value is -3.20. The maximum Gasteiger partial charge on any atom is 0.267 e. The van der Waals surface area contributed by atoms with E-state index in [1.165, 1.54) is 25.4 Å². The number of methoxy groups -OCH3 is 1. The first-order chi connectivity index (χ1) is 12.9. The van der Waals surface area contributed by atoms with Gasteiger partial charge in [-0.25, -0.2) is 9.37 Å². The molecule has 3 rings (SSSR count). The van der Waals surface area contributed by atoms with Crippen LogP contribution in [0.2, 0.25) is 0 Å². The highest BCUT2D eigenvalue weighted by atomic mass is 32.1. The number of thiazole rings is 1. The largest absolute Gasteiger partial charge is 0.508 e. The summed E-state index contributed by atoms with van der Waals surface area (Å²) in [5, 5.41) is 15.6. The number of amides is 1. The summed E-state index contributed by atoms with van der Waals surface area (Å²) in [5.41, 5.74) is 1.95. The zero-order valence-corrected chi connectivity index (χ0v) is 15.6. The van der Waals surface area contributed by atoms with E-state index < -0.39 is 5.82 Å². The number of carbonyl (C=O) groups excluding carboxylic acids is 1. The van der Waals surface area contributed by atoms with Gasteiger partial charge in [0, 0.05) is 11.6 Å². The van der Waals surface area contributed by atoms with Gasteiger partial charge >= 0.3 is 0 Å². The first-order valence-electron chi connectivity index (χ1n) is 7.93. The number of anilines is 3. The number of hydrogen-bond donors (Lipinski definition) is 3. The maximum atomic E-state index is 13.9. The summed E-state index contributed by atoms with van der Waals surface area (Å²) in [4.78, 5) is 20.9. The second kappa shape index (κ2) is 7.58. The van der Waals surface area contributed by atoms with Gasteiger partial charge in [-0.15, -0.1) is 0 Å². The van der Waals surface area contributed by atoms with Crippen molar-refractivity contribution in [1.82, 2.24) is 9.97 Å². The third-order valence-corrected chi connectivity index (χ3v) is 4.78. The Balaban J connectivity index is 1.78. The van der Waals surface area contributed by atoms with Gasteiger partial charge in [-0.2, -0.15) is 4.98 Å². The predicted molar refractivity (Wildman–Crippen MR) is 102 cm³/mol. The van der Waals surface area contributed by atoms with Crippen molar-refractivity contribution in [2.24, 2.45) is 0 Å². The Morgan fingerprint density at radius 1 is 1.26 bits per heavy atom. The summed E-state index contributed by atoms with van der Waals surface area (Å²) in [6.45, 7) is 3.55. The van der Waals surface area contributed by atoms with Crippen LogP contribution in [0.5, 0.6) is 11.6 Å². The SMILES string of the molecule is COc1ccc(F)c(Nc2ncc(C(=O)Nc3c(C)ccc(O)c3C)s2)n1. The molecule has 0 bridgehead atoms. The van der Waals surface area contributed by atoms with E-state index in [0.29, 0.717) is 21.3 Å². The molecule has 1 aromatic carbocycles. The molecule has 0 aliphatic rings. The van der Waals surface area contributed by atoms with Crippen LogP contribution in [-0.2, 0) is 0 Å². The fourth-order valence-corrected chi connectivity index (χ4v) is 3.08. The standard InChI is InChI=1S/C18H17FN4O3S/c1-9-4-6-12(24)10(2)15(9)22-17(25)13-8-20-18(27-13)23-16-11(19)5-7-14(21-16)26-3/h4-8,24H,1-3H3,(H,22,25)(H,20,21,23). The lowest BCUT2D eigenvalue weighted by Crippen LogP contribution is -2.12. The lowest BCUT2D eigenvalue weighted by atomic mass is 10.1. The average molecular weight is 388 g/mol. The summed E-state index contributed by atoms with van der Waals surface area (Å²) >= 11 is 1.05. The quantitative estimate of drug-likeness (QED) is 0.611. The highest BCUT2D eigenvalue weighted by molar-refractivity contribution is 7.17. The number of benzene rings is 1. The van der Waals surface area contributed by atoms with Crippen molar-refractivity contribution in [3.8, 4) is 11.6 Å². The summed E-state index contributed by atoms with van der Waals surface area (Å²) in [6, 6.07) is 5.92. The van der Waals surface area contributed by atoms with Gasteiger partial charge in [-0.05, 0) is 31.5 Å². The second-order valence-electron chi connectivity index (χ2n) is 5.69. The molecule has 0 aliphatic carbocycles. The maximum absolute atomic E-state index is 13.9. The number of aryl methyl sites for hydroxylation is 1. The van der Waals surface area contributed by atoms with Gasteiger partial charge in [0.15, 0.2) is 16.8 Å². The Kier molecular flexibility index (Phi) is 5.22. The van der Waals surface area contributed by atoms with Gasteiger partial charge in [0.25, 0.3) is 5.91 Å². The van der Waals surface area contributed by atoms with E-state index in [9.17, 15) is 14.3 Å². The molecule has 9 heteroatoms. The summed E-state index contributed by atoms with van der Waals surface area (Å²) in [6.07, 6.45) is 1.38. The smallest absolute Gasteiger partial charge is 0.267 e. The molecule has 0 atom stereocenters. The van der Waals surface area contributed by atoms with Crippen molar-refractivity contribution in [2.45, 2.75) is 13.8 Å². The third kappa shape index (κ3) is 3.98. The van der Waals surface area contributed by atoms with E-state index in [-0.39, 0.29) is 23.4 Å². The molecule has 3 N–H and O–H groups in total. The molecule has 140 valence electrons.